The van der Waals surface area contributed by atoms with Gasteiger partial charge < -0.3 is 0 Å². The molecule has 0 saturated carbocycles. The standard InChI is InChI=1S/C24H10N10/c25-11-17-19(13-27)31-23-21(29-17)33(15-7-3-1-4-8-15)22-24(32-20(14-28)18(12-26)30-22)34(23)16-9-5-2-6-10-16/h1-10H. The largest absolute Gasteiger partial charge is 0.273 e. The van der Waals surface area contributed by atoms with Crippen LogP contribution in [0.4, 0.5) is 34.6 Å². The molecule has 0 N–H and O–H groups in total. The highest BCUT2D eigenvalue weighted by atomic mass is 15.4. The minimum absolute atomic E-state index is 0.152. The Morgan fingerprint density at radius 3 is 0.941 bits per heavy atom. The lowest BCUT2D eigenvalue weighted by Gasteiger charge is -2.36. The van der Waals surface area contributed by atoms with Crippen LogP contribution in [0.15, 0.2) is 60.7 Å². The van der Waals surface area contributed by atoms with Gasteiger partial charge in [0.05, 0.1) is 0 Å². The van der Waals surface area contributed by atoms with Crippen LogP contribution >= 0.6 is 0 Å². The highest BCUT2D eigenvalue weighted by Crippen LogP contribution is 2.51. The van der Waals surface area contributed by atoms with Gasteiger partial charge in [0, 0.05) is 11.4 Å². The maximum Gasteiger partial charge on any atom is 0.184 e. The second-order valence-corrected chi connectivity index (χ2v) is 6.93. The lowest BCUT2D eigenvalue weighted by Crippen LogP contribution is -2.29. The zero-order chi connectivity index (χ0) is 23.7. The van der Waals surface area contributed by atoms with E-state index in [4.69, 9.17) is 0 Å². The van der Waals surface area contributed by atoms with E-state index in [0.717, 1.165) is 0 Å². The molecule has 0 aliphatic carbocycles. The molecule has 156 valence electrons. The van der Waals surface area contributed by atoms with Crippen molar-refractivity contribution in [2.24, 2.45) is 0 Å². The highest BCUT2D eigenvalue weighted by molar-refractivity contribution is 5.96. The average molecular weight is 438 g/mol. The van der Waals surface area contributed by atoms with Crippen LogP contribution in [0.25, 0.3) is 0 Å². The van der Waals surface area contributed by atoms with Gasteiger partial charge in [-0.05, 0) is 24.3 Å². The van der Waals surface area contributed by atoms with Crippen LogP contribution in [-0.4, -0.2) is 19.9 Å². The van der Waals surface area contributed by atoms with Gasteiger partial charge in [-0.3, -0.25) is 9.80 Å². The summed E-state index contributed by atoms with van der Waals surface area (Å²) in [6.07, 6.45) is 0. The summed E-state index contributed by atoms with van der Waals surface area (Å²) in [5.74, 6) is 0.893. The van der Waals surface area contributed by atoms with Crippen molar-refractivity contribution in [3.8, 4) is 24.3 Å². The Labute approximate surface area is 193 Å². The molecule has 1 aliphatic rings. The summed E-state index contributed by atoms with van der Waals surface area (Å²) in [6, 6.07) is 25.7. The Hall–Kier alpha value is -5.84. The van der Waals surface area contributed by atoms with Crippen molar-refractivity contribution in [1.29, 1.82) is 21.0 Å². The van der Waals surface area contributed by atoms with E-state index in [-0.39, 0.29) is 46.0 Å². The van der Waals surface area contributed by atoms with Crippen molar-refractivity contribution in [3.05, 3.63) is 83.4 Å². The van der Waals surface area contributed by atoms with Crippen LogP contribution in [0.3, 0.4) is 0 Å². The number of para-hydroxylation sites is 2. The minimum Gasteiger partial charge on any atom is -0.273 e. The molecule has 2 aromatic carbocycles. The molecule has 0 fully saturated rings. The van der Waals surface area contributed by atoms with Crippen LogP contribution in [0.1, 0.15) is 22.8 Å². The van der Waals surface area contributed by atoms with Gasteiger partial charge in [0.15, 0.2) is 46.0 Å². The van der Waals surface area contributed by atoms with Crippen molar-refractivity contribution in [2.75, 3.05) is 9.80 Å². The summed E-state index contributed by atoms with van der Waals surface area (Å²) in [5, 5.41) is 38.4. The Morgan fingerprint density at radius 1 is 0.441 bits per heavy atom. The van der Waals surface area contributed by atoms with Crippen molar-refractivity contribution in [3.63, 3.8) is 0 Å². The smallest absolute Gasteiger partial charge is 0.184 e. The number of fused-ring (bicyclic) bond motifs is 2. The molecular formula is C24H10N10. The highest BCUT2D eigenvalue weighted by Gasteiger charge is 2.37. The van der Waals surface area contributed by atoms with E-state index in [0.29, 0.717) is 11.4 Å². The molecule has 10 heteroatoms. The summed E-state index contributed by atoms with van der Waals surface area (Å²) in [5.41, 5.74) is 0.620. The Morgan fingerprint density at radius 2 is 0.706 bits per heavy atom. The second-order valence-electron chi connectivity index (χ2n) is 6.93. The number of hydrogen-bond donors (Lipinski definition) is 0. The fourth-order valence-electron chi connectivity index (χ4n) is 3.59. The van der Waals surface area contributed by atoms with Gasteiger partial charge in [0.2, 0.25) is 0 Å². The first-order chi connectivity index (χ1) is 16.7. The van der Waals surface area contributed by atoms with Crippen LogP contribution in [-0.2, 0) is 0 Å². The molecule has 1 aliphatic heterocycles. The van der Waals surface area contributed by atoms with Gasteiger partial charge in [-0.1, -0.05) is 36.4 Å². The van der Waals surface area contributed by atoms with Crippen LogP contribution in [0.2, 0.25) is 0 Å². The van der Waals surface area contributed by atoms with Crippen molar-refractivity contribution in [1.82, 2.24) is 19.9 Å². The van der Waals surface area contributed by atoms with E-state index in [1.807, 2.05) is 60.7 Å². The lowest BCUT2D eigenvalue weighted by molar-refractivity contribution is 0.965. The SMILES string of the molecule is N#Cc1nc2c(nc1C#N)N(c1ccccc1)c1nc(C#N)c(C#N)nc1N2c1ccccc1. The number of hydrogen-bond acceptors (Lipinski definition) is 10. The van der Waals surface area contributed by atoms with Crippen LogP contribution in [0.5, 0.6) is 0 Å². The van der Waals surface area contributed by atoms with Gasteiger partial charge in [-0.2, -0.15) is 21.0 Å². The molecule has 0 atom stereocenters. The molecule has 3 heterocycles. The maximum absolute atomic E-state index is 9.59. The summed E-state index contributed by atoms with van der Waals surface area (Å²) in [4.78, 5) is 21.0. The summed E-state index contributed by atoms with van der Waals surface area (Å²) >= 11 is 0. The first-order valence-electron chi connectivity index (χ1n) is 9.85. The van der Waals surface area contributed by atoms with Crippen molar-refractivity contribution < 1.29 is 0 Å². The van der Waals surface area contributed by atoms with Gasteiger partial charge in [-0.15, -0.1) is 0 Å². The minimum atomic E-state index is -0.152. The van der Waals surface area contributed by atoms with Gasteiger partial charge in [0.1, 0.15) is 24.3 Å². The van der Waals surface area contributed by atoms with Crippen LogP contribution in [0, 0.1) is 45.3 Å². The molecule has 0 unspecified atom stereocenters. The summed E-state index contributed by atoms with van der Waals surface area (Å²) in [7, 11) is 0. The quantitative estimate of drug-likeness (QED) is 0.395. The van der Waals surface area contributed by atoms with E-state index in [1.165, 1.54) is 0 Å². The third-order valence-electron chi connectivity index (χ3n) is 5.02. The molecule has 2 aromatic heterocycles. The Kier molecular flexibility index (Phi) is 4.73. The van der Waals surface area contributed by atoms with Gasteiger partial charge >= 0.3 is 0 Å². The first-order valence-corrected chi connectivity index (χ1v) is 9.85. The molecule has 4 aromatic rings. The number of anilines is 6. The number of benzene rings is 2. The fourth-order valence-corrected chi connectivity index (χ4v) is 3.59. The predicted octanol–water partition coefficient (Wildman–Crippen LogP) is 4.01. The fraction of sp³-hybridized carbons (Fsp3) is 0. The van der Waals surface area contributed by atoms with Gasteiger partial charge in [-0.25, -0.2) is 19.9 Å². The molecule has 0 saturated heterocycles. The van der Waals surface area contributed by atoms with E-state index in [2.05, 4.69) is 19.9 Å². The maximum atomic E-state index is 9.59. The van der Waals surface area contributed by atoms with E-state index >= 15 is 0 Å². The molecular weight excluding hydrogens is 428 g/mol. The summed E-state index contributed by atoms with van der Waals surface area (Å²) < 4.78 is 0. The third kappa shape index (κ3) is 3.01. The van der Waals surface area contributed by atoms with Gasteiger partial charge in [0.25, 0.3) is 0 Å². The summed E-state index contributed by atoms with van der Waals surface area (Å²) in [6.45, 7) is 0. The molecule has 0 amide bonds. The average Bonchev–Trinajstić information content (AvgIpc) is 2.90. The topological polar surface area (TPSA) is 153 Å². The molecule has 34 heavy (non-hydrogen) atoms. The predicted molar refractivity (Wildman–Crippen MR) is 119 cm³/mol. The molecule has 0 radical (unpaired) electrons. The number of nitriles is 4. The molecule has 5 rings (SSSR count). The zero-order valence-electron chi connectivity index (χ0n) is 17.2. The van der Waals surface area contributed by atoms with Crippen molar-refractivity contribution in [2.45, 2.75) is 0 Å². The molecule has 10 nitrogen and oxygen atoms in total. The number of aromatic nitrogens is 4. The van der Waals surface area contributed by atoms with Crippen LogP contribution < -0.4 is 9.80 Å². The molecule has 0 spiro atoms. The van der Waals surface area contributed by atoms with Crippen molar-refractivity contribution >= 4 is 34.6 Å². The number of nitrogens with zero attached hydrogens (tertiary/aromatic N) is 10. The Bertz CT molecular complexity index is 1400. The zero-order valence-corrected chi connectivity index (χ0v) is 17.2. The monoisotopic (exact) mass is 438 g/mol. The van der Waals surface area contributed by atoms with E-state index in [9.17, 15) is 21.0 Å². The molecule has 0 bridgehead atoms. The second kappa shape index (κ2) is 8.01. The first kappa shape index (κ1) is 20.1. The normalized spacial score (nSPS) is 11.3. The Balaban J connectivity index is 1.94. The van der Waals surface area contributed by atoms with E-state index < -0.39 is 0 Å². The lowest BCUT2D eigenvalue weighted by atomic mass is 10.2. The third-order valence-corrected chi connectivity index (χ3v) is 5.02. The van der Waals surface area contributed by atoms with E-state index in [1.54, 1.807) is 34.1 Å². The number of rotatable bonds is 2.